The van der Waals surface area contributed by atoms with Gasteiger partial charge in [0.2, 0.25) is 0 Å². The quantitative estimate of drug-likeness (QED) is 0.906. The van der Waals surface area contributed by atoms with Crippen molar-refractivity contribution < 1.29 is 4.79 Å². The Morgan fingerprint density at radius 1 is 1.41 bits per heavy atom. The fourth-order valence-electron chi connectivity index (χ4n) is 3.51. The minimum Gasteiger partial charge on any atom is -0.331 e. The van der Waals surface area contributed by atoms with Gasteiger partial charge in [0.05, 0.1) is 6.04 Å². The van der Waals surface area contributed by atoms with E-state index in [9.17, 15) is 4.79 Å². The summed E-state index contributed by atoms with van der Waals surface area (Å²) in [7, 11) is 0. The van der Waals surface area contributed by atoms with E-state index in [4.69, 9.17) is 0 Å². The summed E-state index contributed by atoms with van der Waals surface area (Å²) in [6.07, 6.45) is 10.1. The Morgan fingerprint density at radius 3 is 2.95 bits per heavy atom. The lowest BCUT2D eigenvalue weighted by molar-refractivity contribution is 0.182. The van der Waals surface area contributed by atoms with E-state index in [1.165, 1.54) is 32.1 Å². The third-order valence-electron chi connectivity index (χ3n) is 4.82. The lowest BCUT2D eigenvalue weighted by Crippen LogP contribution is -2.53. The third kappa shape index (κ3) is 3.57. The lowest BCUT2D eigenvalue weighted by atomic mass is 9.87. The van der Waals surface area contributed by atoms with Crippen molar-refractivity contribution in [2.24, 2.45) is 0 Å². The summed E-state index contributed by atoms with van der Waals surface area (Å²) in [4.78, 5) is 18.7. The fourth-order valence-corrected chi connectivity index (χ4v) is 5.08. The molecule has 0 bridgehead atoms. The van der Waals surface area contributed by atoms with Crippen molar-refractivity contribution in [3.05, 3.63) is 30.1 Å². The number of hydrogen-bond acceptors (Lipinski definition) is 3. The molecule has 2 fully saturated rings. The van der Waals surface area contributed by atoms with Crippen molar-refractivity contribution in [2.75, 3.05) is 18.8 Å². The molecule has 0 aromatic carbocycles. The van der Waals surface area contributed by atoms with E-state index in [-0.39, 0.29) is 12.1 Å². The van der Waals surface area contributed by atoms with E-state index in [0.29, 0.717) is 4.75 Å². The largest absolute Gasteiger partial charge is 0.331 e. The molecule has 1 aromatic heterocycles. The second-order valence-corrected chi connectivity index (χ2v) is 8.03. The zero-order valence-electron chi connectivity index (χ0n) is 13.3. The van der Waals surface area contributed by atoms with Crippen LogP contribution in [0.5, 0.6) is 0 Å². The summed E-state index contributed by atoms with van der Waals surface area (Å²) in [6.45, 7) is 3.78. The molecule has 1 saturated heterocycles. The second-order valence-electron chi connectivity index (χ2n) is 6.47. The van der Waals surface area contributed by atoms with Gasteiger partial charge in [0, 0.05) is 36.0 Å². The van der Waals surface area contributed by atoms with Crippen LogP contribution in [0.4, 0.5) is 4.79 Å². The van der Waals surface area contributed by atoms with Gasteiger partial charge in [-0.15, -0.1) is 0 Å². The van der Waals surface area contributed by atoms with E-state index >= 15 is 0 Å². The van der Waals surface area contributed by atoms with Crippen molar-refractivity contribution in [3.8, 4) is 0 Å². The topological polar surface area (TPSA) is 45.2 Å². The molecule has 1 atom stereocenters. The van der Waals surface area contributed by atoms with Crippen molar-refractivity contribution in [2.45, 2.75) is 49.8 Å². The molecule has 3 rings (SSSR count). The van der Waals surface area contributed by atoms with Gasteiger partial charge in [-0.25, -0.2) is 4.79 Å². The molecule has 0 unspecified atom stereocenters. The fraction of sp³-hybridized carbons (Fsp3) is 0.647. The molecule has 120 valence electrons. The molecule has 2 heterocycles. The predicted molar refractivity (Wildman–Crippen MR) is 91.0 cm³/mol. The Hall–Kier alpha value is -1.23. The van der Waals surface area contributed by atoms with Crippen LogP contribution in [0, 0.1) is 0 Å². The van der Waals surface area contributed by atoms with E-state index < -0.39 is 0 Å². The summed E-state index contributed by atoms with van der Waals surface area (Å²) >= 11 is 2.09. The molecule has 1 spiro atoms. The number of thioether (sulfide) groups is 1. The minimum atomic E-state index is -0.00177. The Labute approximate surface area is 137 Å². The normalized spacial score (nSPS) is 22.3. The molecule has 1 aliphatic carbocycles. The monoisotopic (exact) mass is 319 g/mol. The molecule has 2 aliphatic rings. The maximum Gasteiger partial charge on any atom is 0.317 e. The highest BCUT2D eigenvalue weighted by atomic mass is 32.2. The molecule has 1 saturated carbocycles. The standard InChI is InChI=1S/C17H25N3OS/c1-14(15-6-5-9-18-12-15)19-16(21)20-10-11-22-17(13-20)7-3-2-4-8-17/h5-6,9,12,14H,2-4,7-8,10-11,13H2,1H3,(H,19,21)/t14-/m1/s1. The molecule has 4 nitrogen and oxygen atoms in total. The molecule has 0 radical (unpaired) electrons. The zero-order chi connectivity index (χ0) is 15.4. The number of hydrogen-bond donors (Lipinski definition) is 1. The average Bonchev–Trinajstić information content (AvgIpc) is 2.56. The first kappa shape index (κ1) is 15.7. The second kappa shape index (κ2) is 6.90. The van der Waals surface area contributed by atoms with Gasteiger partial charge in [-0.1, -0.05) is 25.3 Å². The van der Waals surface area contributed by atoms with Crippen LogP contribution in [0.15, 0.2) is 24.5 Å². The number of carbonyl (C=O) groups is 1. The molecule has 1 aromatic rings. The van der Waals surface area contributed by atoms with E-state index in [1.807, 2.05) is 30.2 Å². The highest BCUT2D eigenvalue weighted by molar-refractivity contribution is 8.00. The molecule has 1 N–H and O–H groups in total. The SMILES string of the molecule is C[C@@H](NC(=O)N1CCSC2(CCCCC2)C1)c1cccnc1. The first-order chi connectivity index (χ1) is 10.7. The van der Waals surface area contributed by atoms with E-state index in [1.54, 1.807) is 6.20 Å². The number of aromatic nitrogens is 1. The molecule has 5 heteroatoms. The number of rotatable bonds is 2. The Kier molecular flexibility index (Phi) is 4.91. The molecule has 2 amide bonds. The average molecular weight is 319 g/mol. The van der Waals surface area contributed by atoms with E-state index in [0.717, 1.165) is 24.4 Å². The van der Waals surface area contributed by atoms with Gasteiger partial charge in [-0.05, 0) is 31.4 Å². The van der Waals surface area contributed by atoms with Crippen molar-refractivity contribution in [1.29, 1.82) is 0 Å². The summed E-state index contributed by atoms with van der Waals surface area (Å²) in [5, 5.41) is 3.13. The van der Waals surface area contributed by atoms with Crippen LogP contribution in [0.3, 0.4) is 0 Å². The smallest absolute Gasteiger partial charge is 0.317 e. The number of pyridine rings is 1. The number of nitrogens with zero attached hydrogens (tertiary/aromatic N) is 2. The van der Waals surface area contributed by atoms with Crippen LogP contribution in [-0.4, -0.2) is 39.5 Å². The summed E-state index contributed by atoms with van der Waals surface area (Å²) in [5.74, 6) is 1.06. The number of nitrogens with one attached hydrogen (secondary N) is 1. The highest BCUT2D eigenvalue weighted by Crippen LogP contribution is 2.42. The maximum atomic E-state index is 12.6. The van der Waals surface area contributed by atoms with Crippen molar-refractivity contribution in [1.82, 2.24) is 15.2 Å². The Morgan fingerprint density at radius 2 is 2.23 bits per heavy atom. The van der Waals surface area contributed by atoms with Gasteiger partial charge in [0.25, 0.3) is 0 Å². The van der Waals surface area contributed by atoms with Gasteiger partial charge in [0.1, 0.15) is 0 Å². The summed E-state index contributed by atoms with van der Waals surface area (Å²) < 4.78 is 0.325. The van der Waals surface area contributed by atoms with Gasteiger partial charge < -0.3 is 10.2 Å². The van der Waals surface area contributed by atoms with Crippen LogP contribution in [0.25, 0.3) is 0 Å². The minimum absolute atomic E-state index is 0.00177. The Bertz CT molecular complexity index is 496. The zero-order valence-corrected chi connectivity index (χ0v) is 14.1. The molecular formula is C17H25N3OS. The number of urea groups is 1. The van der Waals surface area contributed by atoms with Crippen LogP contribution < -0.4 is 5.32 Å². The van der Waals surface area contributed by atoms with Crippen LogP contribution in [-0.2, 0) is 0 Å². The lowest BCUT2D eigenvalue weighted by Gasteiger charge is -2.44. The first-order valence-electron chi connectivity index (χ1n) is 8.28. The van der Waals surface area contributed by atoms with Gasteiger partial charge in [-0.3, -0.25) is 4.98 Å². The summed E-state index contributed by atoms with van der Waals surface area (Å²) in [5.41, 5.74) is 1.05. The van der Waals surface area contributed by atoms with Gasteiger partial charge in [0.15, 0.2) is 0 Å². The van der Waals surface area contributed by atoms with Crippen LogP contribution in [0.1, 0.15) is 50.6 Å². The molecule has 1 aliphatic heterocycles. The number of carbonyl (C=O) groups excluding carboxylic acids is 1. The van der Waals surface area contributed by atoms with Crippen molar-refractivity contribution >= 4 is 17.8 Å². The number of amides is 2. The van der Waals surface area contributed by atoms with Gasteiger partial charge in [-0.2, -0.15) is 11.8 Å². The highest BCUT2D eigenvalue weighted by Gasteiger charge is 2.38. The Balaban J connectivity index is 1.60. The third-order valence-corrected chi connectivity index (χ3v) is 6.36. The van der Waals surface area contributed by atoms with Crippen molar-refractivity contribution in [3.63, 3.8) is 0 Å². The predicted octanol–water partition coefficient (Wildman–Crippen LogP) is 3.60. The molecular weight excluding hydrogens is 294 g/mol. The van der Waals surface area contributed by atoms with Gasteiger partial charge >= 0.3 is 6.03 Å². The van der Waals surface area contributed by atoms with Crippen LogP contribution >= 0.6 is 11.8 Å². The maximum absolute atomic E-state index is 12.6. The summed E-state index contributed by atoms with van der Waals surface area (Å²) in [6, 6.07) is 3.99. The first-order valence-corrected chi connectivity index (χ1v) is 9.26. The van der Waals surface area contributed by atoms with E-state index in [2.05, 4.69) is 22.1 Å². The van der Waals surface area contributed by atoms with Crippen LogP contribution in [0.2, 0.25) is 0 Å². The molecule has 22 heavy (non-hydrogen) atoms.